The van der Waals surface area contributed by atoms with Crippen molar-refractivity contribution in [2.24, 2.45) is 7.05 Å². The highest BCUT2D eigenvalue weighted by Gasteiger charge is 2.18. The Morgan fingerprint density at radius 2 is 1.81 bits per heavy atom. The van der Waals surface area contributed by atoms with Gasteiger partial charge in [0.2, 0.25) is 0 Å². The van der Waals surface area contributed by atoms with Gasteiger partial charge in [-0.2, -0.15) is 0 Å². The monoisotopic (exact) mass is 338 g/mol. The maximum absolute atomic E-state index is 5.84. The lowest BCUT2D eigenvalue weighted by Gasteiger charge is -2.05. The van der Waals surface area contributed by atoms with Crippen LogP contribution in [0.2, 0.25) is 0 Å². The van der Waals surface area contributed by atoms with Crippen LogP contribution >= 0.6 is 0 Å². The largest absolute Gasteiger partial charge is 0.443 e. The fourth-order valence-electron chi connectivity index (χ4n) is 3.74. The summed E-state index contributed by atoms with van der Waals surface area (Å²) >= 11 is 0. The van der Waals surface area contributed by atoms with Crippen LogP contribution in [0.25, 0.3) is 44.3 Å². The molecule has 0 atom stereocenters. The van der Waals surface area contributed by atoms with Crippen molar-refractivity contribution in [2.75, 3.05) is 0 Å². The van der Waals surface area contributed by atoms with E-state index in [4.69, 9.17) is 4.42 Å². The van der Waals surface area contributed by atoms with Crippen LogP contribution in [0.1, 0.15) is 5.56 Å². The summed E-state index contributed by atoms with van der Waals surface area (Å²) in [6.07, 6.45) is 3.65. The molecule has 0 spiro atoms. The average molecular weight is 338 g/mol. The van der Waals surface area contributed by atoms with E-state index in [0.717, 1.165) is 22.6 Å². The van der Waals surface area contributed by atoms with Gasteiger partial charge in [-0.3, -0.25) is 0 Å². The molecule has 126 valence electrons. The average Bonchev–Trinajstić information content (AvgIpc) is 3.27. The number of rotatable bonds is 2. The third-order valence-corrected chi connectivity index (χ3v) is 5.08. The third kappa shape index (κ3) is 2.17. The molecule has 0 aliphatic rings. The minimum absolute atomic E-state index is 0.815. The van der Waals surface area contributed by atoms with Crippen LogP contribution in [0.5, 0.6) is 0 Å². The van der Waals surface area contributed by atoms with Gasteiger partial charge >= 0.3 is 0 Å². The molecule has 2 heterocycles. The van der Waals surface area contributed by atoms with Crippen molar-refractivity contribution in [3.8, 4) is 22.6 Å². The molecule has 3 aromatic carbocycles. The quantitative estimate of drug-likeness (QED) is 0.397. The zero-order chi connectivity index (χ0) is 17.7. The van der Waals surface area contributed by atoms with E-state index in [2.05, 4.69) is 90.4 Å². The number of fused-ring (bicyclic) bond motifs is 2. The Hall–Kier alpha value is -3.33. The molecule has 0 unspecified atom stereocenters. The SMILES string of the molecule is Cc1cccc2ccc(-c3ncoc3-c3cn(C)c4ccccc34)cc12. The van der Waals surface area contributed by atoms with E-state index in [1.165, 1.54) is 33.6 Å². The van der Waals surface area contributed by atoms with Gasteiger partial charge in [0.1, 0.15) is 5.69 Å². The molecule has 0 aliphatic heterocycles. The van der Waals surface area contributed by atoms with Crippen LogP contribution in [0.4, 0.5) is 0 Å². The van der Waals surface area contributed by atoms with Gasteiger partial charge in [-0.25, -0.2) is 4.98 Å². The molecular formula is C23H18N2O. The summed E-state index contributed by atoms with van der Waals surface area (Å²) in [6, 6.07) is 21.2. The first-order chi connectivity index (χ1) is 12.7. The first kappa shape index (κ1) is 15.0. The van der Waals surface area contributed by atoms with Gasteiger partial charge in [-0.05, 0) is 35.4 Å². The normalized spacial score (nSPS) is 11.5. The summed E-state index contributed by atoms with van der Waals surface area (Å²) in [4.78, 5) is 4.54. The summed E-state index contributed by atoms with van der Waals surface area (Å²) in [5, 5.41) is 3.66. The van der Waals surface area contributed by atoms with Gasteiger partial charge in [-0.1, -0.05) is 48.5 Å². The summed E-state index contributed by atoms with van der Waals surface area (Å²) in [5.74, 6) is 0.815. The third-order valence-electron chi connectivity index (χ3n) is 5.08. The molecule has 0 radical (unpaired) electrons. The first-order valence-corrected chi connectivity index (χ1v) is 8.70. The number of para-hydroxylation sites is 1. The predicted octanol–water partition coefficient (Wildman–Crippen LogP) is 5.96. The molecule has 0 amide bonds. The Morgan fingerprint density at radius 3 is 2.73 bits per heavy atom. The number of benzene rings is 3. The minimum atomic E-state index is 0.815. The van der Waals surface area contributed by atoms with Crippen molar-refractivity contribution in [3.05, 3.63) is 78.8 Å². The molecule has 0 fully saturated rings. The lowest BCUT2D eigenvalue weighted by molar-refractivity contribution is 0.572. The molecule has 5 rings (SSSR count). The molecule has 0 saturated carbocycles. The predicted molar refractivity (Wildman–Crippen MR) is 106 cm³/mol. The van der Waals surface area contributed by atoms with Crippen LogP contribution in [-0.2, 0) is 7.05 Å². The van der Waals surface area contributed by atoms with Crippen LogP contribution in [0.15, 0.2) is 77.7 Å². The van der Waals surface area contributed by atoms with Crippen molar-refractivity contribution >= 4 is 21.7 Å². The standard InChI is InChI=1S/C23H18N2O/c1-15-6-5-7-16-10-11-17(12-19(15)16)22-23(26-14-24-22)20-13-25(2)21-9-4-3-8-18(20)21/h3-14H,1-2H3. The molecule has 0 N–H and O–H groups in total. The summed E-state index contributed by atoms with van der Waals surface area (Å²) in [6.45, 7) is 2.14. The molecule has 0 saturated heterocycles. The van der Waals surface area contributed by atoms with Crippen LogP contribution in [-0.4, -0.2) is 9.55 Å². The molecule has 26 heavy (non-hydrogen) atoms. The van der Waals surface area contributed by atoms with Gasteiger partial charge in [0.25, 0.3) is 0 Å². The highest BCUT2D eigenvalue weighted by atomic mass is 16.3. The topological polar surface area (TPSA) is 31.0 Å². The van der Waals surface area contributed by atoms with Gasteiger partial charge < -0.3 is 8.98 Å². The Kier molecular flexibility index (Phi) is 3.22. The maximum atomic E-state index is 5.84. The van der Waals surface area contributed by atoms with E-state index in [1.807, 2.05) is 0 Å². The second kappa shape index (κ2) is 5.60. The number of hydrogen-bond acceptors (Lipinski definition) is 2. The highest BCUT2D eigenvalue weighted by molar-refractivity contribution is 5.98. The first-order valence-electron chi connectivity index (χ1n) is 8.70. The number of nitrogens with zero attached hydrogens (tertiary/aromatic N) is 2. The second-order valence-corrected chi connectivity index (χ2v) is 6.71. The number of oxazole rings is 1. The summed E-state index contributed by atoms with van der Waals surface area (Å²) in [5.41, 5.74) is 5.47. The van der Waals surface area contributed by atoms with Crippen LogP contribution < -0.4 is 0 Å². The van der Waals surface area contributed by atoms with Crippen molar-refractivity contribution in [1.82, 2.24) is 9.55 Å². The Bertz CT molecular complexity index is 1260. The van der Waals surface area contributed by atoms with E-state index in [9.17, 15) is 0 Å². The van der Waals surface area contributed by atoms with Crippen molar-refractivity contribution < 1.29 is 4.42 Å². The van der Waals surface area contributed by atoms with Gasteiger partial charge in [0, 0.05) is 35.3 Å². The molecule has 3 nitrogen and oxygen atoms in total. The summed E-state index contributed by atoms with van der Waals surface area (Å²) in [7, 11) is 2.06. The fraction of sp³-hybridized carbons (Fsp3) is 0.0870. The molecule has 3 heteroatoms. The van der Waals surface area contributed by atoms with Crippen LogP contribution in [0, 0.1) is 6.92 Å². The fourth-order valence-corrected chi connectivity index (χ4v) is 3.74. The van der Waals surface area contributed by atoms with E-state index in [-0.39, 0.29) is 0 Å². The zero-order valence-electron chi connectivity index (χ0n) is 14.7. The van der Waals surface area contributed by atoms with Crippen molar-refractivity contribution in [1.29, 1.82) is 0 Å². The van der Waals surface area contributed by atoms with Gasteiger partial charge in [0.15, 0.2) is 12.2 Å². The Labute approximate surface area is 151 Å². The number of hydrogen-bond donors (Lipinski definition) is 0. The van der Waals surface area contributed by atoms with Gasteiger partial charge in [0.05, 0.1) is 0 Å². The van der Waals surface area contributed by atoms with E-state index >= 15 is 0 Å². The second-order valence-electron chi connectivity index (χ2n) is 6.71. The molecule has 5 aromatic rings. The number of aromatic nitrogens is 2. The Balaban J connectivity index is 1.74. The van der Waals surface area contributed by atoms with E-state index in [1.54, 1.807) is 0 Å². The highest BCUT2D eigenvalue weighted by Crippen LogP contribution is 2.37. The summed E-state index contributed by atoms with van der Waals surface area (Å²) < 4.78 is 7.97. The van der Waals surface area contributed by atoms with Crippen molar-refractivity contribution in [3.63, 3.8) is 0 Å². The molecule has 2 aromatic heterocycles. The van der Waals surface area contributed by atoms with E-state index < -0.39 is 0 Å². The minimum Gasteiger partial charge on any atom is -0.443 e. The zero-order valence-corrected chi connectivity index (χ0v) is 14.7. The Morgan fingerprint density at radius 1 is 0.923 bits per heavy atom. The lowest BCUT2D eigenvalue weighted by Crippen LogP contribution is -1.85. The van der Waals surface area contributed by atoms with Crippen LogP contribution in [0.3, 0.4) is 0 Å². The molecule has 0 bridgehead atoms. The van der Waals surface area contributed by atoms with Gasteiger partial charge in [-0.15, -0.1) is 0 Å². The lowest BCUT2D eigenvalue weighted by atomic mass is 9.99. The van der Waals surface area contributed by atoms with E-state index in [0.29, 0.717) is 0 Å². The smallest absolute Gasteiger partial charge is 0.182 e. The van der Waals surface area contributed by atoms with Crippen molar-refractivity contribution in [2.45, 2.75) is 6.92 Å². The number of aryl methyl sites for hydroxylation is 2. The molecular weight excluding hydrogens is 320 g/mol. The maximum Gasteiger partial charge on any atom is 0.182 e. The molecule has 0 aliphatic carbocycles.